The summed E-state index contributed by atoms with van der Waals surface area (Å²) >= 11 is 0. The number of hydrogen-bond donors (Lipinski definition) is 0. The fourth-order valence-corrected chi connectivity index (χ4v) is 0.782. The van der Waals surface area contributed by atoms with Crippen LogP contribution in [0.1, 0.15) is 33.4 Å². The summed E-state index contributed by atoms with van der Waals surface area (Å²) in [5.41, 5.74) is 0.995. The minimum absolute atomic E-state index is 0.571. The van der Waals surface area contributed by atoms with Gasteiger partial charge in [-0.2, -0.15) is 0 Å². The lowest BCUT2D eigenvalue weighted by atomic mass is 10.4. The van der Waals surface area contributed by atoms with Gasteiger partial charge in [0.05, 0.1) is 12.8 Å². The minimum Gasteiger partial charge on any atom is -0.490 e. The van der Waals surface area contributed by atoms with Crippen LogP contribution < -0.4 is 4.74 Å². The van der Waals surface area contributed by atoms with Gasteiger partial charge < -0.3 is 9.47 Å². The van der Waals surface area contributed by atoms with Crippen molar-refractivity contribution in [2.45, 2.75) is 34.6 Å². The number of hydrogen-bond acceptors (Lipinski definition) is 3. The van der Waals surface area contributed by atoms with Crippen molar-refractivity contribution in [3.05, 3.63) is 24.0 Å². The third-order valence-corrected chi connectivity index (χ3v) is 1.44. The zero-order valence-corrected chi connectivity index (χ0v) is 11.4. The molecule has 0 bridgehead atoms. The van der Waals surface area contributed by atoms with E-state index in [1.165, 1.54) is 0 Å². The molecule has 0 aliphatic carbocycles. The Morgan fingerprint density at radius 2 is 1.69 bits per heavy atom. The molecule has 0 amide bonds. The van der Waals surface area contributed by atoms with Crippen LogP contribution in [0.25, 0.3) is 0 Å². The number of pyridine rings is 1. The summed E-state index contributed by atoms with van der Waals surface area (Å²) in [7, 11) is 1.65. The van der Waals surface area contributed by atoms with E-state index < -0.39 is 0 Å². The Balaban J connectivity index is 0. The SMILES string of the molecule is CC.CC.COCCOc1ccc(C)nc1. The molecule has 3 nitrogen and oxygen atoms in total. The molecule has 1 heterocycles. The second kappa shape index (κ2) is 13.9. The average Bonchev–Trinajstić information content (AvgIpc) is 2.37. The Bertz CT molecular complexity index is 222. The van der Waals surface area contributed by atoms with E-state index in [2.05, 4.69) is 4.98 Å². The van der Waals surface area contributed by atoms with Crippen LogP contribution in [0.5, 0.6) is 5.75 Å². The molecule has 0 saturated carbocycles. The van der Waals surface area contributed by atoms with Crippen LogP contribution in [0.15, 0.2) is 18.3 Å². The molecule has 1 rings (SSSR count). The largest absolute Gasteiger partial charge is 0.490 e. The molecule has 0 aromatic carbocycles. The Morgan fingerprint density at radius 1 is 1.06 bits per heavy atom. The summed E-state index contributed by atoms with van der Waals surface area (Å²) in [6, 6.07) is 3.82. The number of ether oxygens (including phenoxy) is 2. The van der Waals surface area contributed by atoms with Crippen LogP contribution in [0.2, 0.25) is 0 Å². The molecule has 16 heavy (non-hydrogen) atoms. The lowest BCUT2D eigenvalue weighted by Crippen LogP contribution is -2.04. The van der Waals surface area contributed by atoms with E-state index in [9.17, 15) is 0 Å². The zero-order chi connectivity index (χ0) is 12.8. The molecular weight excluding hydrogens is 202 g/mol. The monoisotopic (exact) mass is 227 g/mol. The molecular formula is C13H25NO2. The number of methoxy groups -OCH3 is 1. The van der Waals surface area contributed by atoms with E-state index in [1.54, 1.807) is 13.3 Å². The predicted octanol–water partition coefficient (Wildman–Crippen LogP) is 3.47. The summed E-state index contributed by atoms with van der Waals surface area (Å²) in [6.07, 6.45) is 1.71. The number of aryl methyl sites for hydroxylation is 1. The third-order valence-electron chi connectivity index (χ3n) is 1.44. The second-order valence-electron chi connectivity index (χ2n) is 2.48. The maximum Gasteiger partial charge on any atom is 0.137 e. The van der Waals surface area contributed by atoms with Crippen LogP contribution in [0.4, 0.5) is 0 Å². The molecule has 94 valence electrons. The molecule has 0 fully saturated rings. The van der Waals surface area contributed by atoms with Gasteiger partial charge in [-0.05, 0) is 19.1 Å². The molecule has 1 aromatic rings. The normalized spacial score (nSPS) is 8.12. The molecule has 0 saturated heterocycles. The van der Waals surface area contributed by atoms with E-state index in [-0.39, 0.29) is 0 Å². The topological polar surface area (TPSA) is 31.4 Å². The molecule has 0 atom stereocenters. The Hall–Kier alpha value is -1.09. The summed E-state index contributed by atoms with van der Waals surface area (Å²) in [4.78, 5) is 4.09. The quantitative estimate of drug-likeness (QED) is 0.738. The molecule has 0 aliphatic rings. The molecule has 0 unspecified atom stereocenters. The van der Waals surface area contributed by atoms with E-state index in [0.717, 1.165) is 11.4 Å². The van der Waals surface area contributed by atoms with Crippen LogP contribution >= 0.6 is 0 Å². The average molecular weight is 227 g/mol. The predicted molar refractivity (Wildman–Crippen MR) is 69.0 cm³/mol. The van der Waals surface area contributed by atoms with E-state index in [0.29, 0.717) is 13.2 Å². The van der Waals surface area contributed by atoms with Gasteiger partial charge in [-0.1, -0.05) is 27.7 Å². The van der Waals surface area contributed by atoms with Gasteiger partial charge >= 0.3 is 0 Å². The van der Waals surface area contributed by atoms with Gasteiger partial charge in [-0.25, -0.2) is 0 Å². The second-order valence-corrected chi connectivity index (χ2v) is 2.48. The lowest BCUT2D eigenvalue weighted by molar-refractivity contribution is 0.146. The Labute approximate surface area is 99.8 Å². The van der Waals surface area contributed by atoms with Gasteiger partial charge in [0, 0.05) is 12.8 Å². The highest BCUT2D eigenvalue weighted by molar-refractivity contribution is 5.18. The molecule has 3 heteroatoms. The van der Waals surface area contributed by atoms with Gasteiger partial charge in [0.15, 0.2) is 0 Å². The van der Waals surface area contributed by atoms with Crippen LogP contribution in [0.3, 0.4) is 0 Å². The number of aromatic nitrogens is 1. The van der Waals surface area contributed by atoms with Crippen molar-refractivity contribution in [2.24, 2.45) is 0 Å². The fraction of sp³-hybridized carbons (Fsp3) is 0.615. The lowest BCUT2D eigenvalue weighted by Gasteiger charge is -2.04. The summed E-state index contributed by atoms with van der Waals surface area (Å²) in [6.45, 7) is 11.1. The van der Waals surface area contributed by atoms with Gasteiger partial charge in [-0.3, -0.25) is 4.98 Å². The molecule has 0 spiro atoms. The van der Waals surface area contributed by atoms with Gasteiger partial charge in [-0.15, -0.1) is 0 Å². The van der Waals surface area contributed by atoms with Gasteiger partial charge in [0.25, 0.3) is 0 Å². The van der Waals surface area contributed by atoms with Crippen molar-refractivity contribution < 1.29 is 9.47 Å². The standard InChI is InChI=1S/C9H13NO2.2C2H6/c1-8-3-4-9(7-10-8)12-6-5-11-2;2*1-2/h3-4,7H,5-6H2,1-2H3;2*1-2H3. The highest BCUT2D eigenvalue weighted by atomic mass is 16.5. The van der Waals surface area contributed by atoms with Crippen molar-refractivity contribution in [1.82, 2.24) is 4.98 Å². The highest BCUT2D eigenvalue weighted by Gasteiger charge is 1.92. The summed E-state index contributed by atoms with van der Waals surface area (Å²) in [5.74, 6) is 0.789. The maximum atomic E-state index is 5.31. The fourth-order valence-electron chi connectivity index (χ4n) is 0.782. The first kappa shape index (κ1) is 17.3. The van der Waals surface area contributed by atoms with Crippen molar-refractivity contribution in [2.75, 3.05) is 20.3 Å². The van der Waals surface area contributed by atoms with Gasteiger partial charge in [0.1, 0.15) is 12.4 Å². The molecule has 1 aromatic heterocycles. The van der Waals surface area contributed by atoms with E-state index in [1.807, 2.05) is 46.8 Å². The number of rotatable bonds is 4. The third kappa shape index (κ3) is 9.46. The van der Waals surface area contributed by atoms with Crippen LogP contribution in [-0.2, 0) is 4.74 Å². The molecule has 0 aliphatic heterocycles. The summed E-state index contributed by atoms with van der Waals surface area (Å²) < 4.78 is 10.2. The number of nitrogens with zero attached hydrogens (tertiary/aromatic N) is 1. The van der Waals surface area contributed by atoms with Crippen molar-refractivity contribution in [1.29, 1.82) is 0 Å². The van der Waals surface area contributed by atoms with Crippen molar-refractivity contribution >= 4 is 0 Å². The maximum absolute atomic E-state index is 5.31. The highest BCUT2D eigenvalue weighted by Crippen LogP contribution is 2.07. The van der Waals surface area contributed by atoms with Crippen LogP contribution in [0, 0.1) is 6.92 Å². The molecule has 0 radical (unpaired) electrons. The van der Waals surface area contributed by atoms with E-state index >= 15 is 0 Å². The zero-order valence-electron chi connectivity index (χ0n) is 11.4. The van der Waals surface area contributed by atoms with E-state index in [4.69, 9.17) is 9.47 Å². The van der Waals surface area contributed by atoms with Crippen molar-refractivity contribution in [3.8, 4) is 5.75 Å². The smallest absolute Gasteiger partial charge is 0.137 e. The first-order valence-electron chi connectivity index (χ1n) is 5.87. The Morgan fingerprint density at radius 3 is 2.12 bits per heavy atom. The minimum atomic E-state index is 0.571. The first-order chi connectivity index (χ1) is 7.83. The Kier molecular flexibility index (Phi) is 15.0. The van der Waals surface area contributed by atoms with Crippen molar-refractivity contribution in [3.63, 3.8) is 0 Å². The van der Waals surface area contributed by atoms with Crippen LogP contribution in [-0.4, -0.2) is 25.3 Å². The molecule has 0 N–H and O–H groups in total. The summed E-state index contributed by atoms with van der Waals surface area (Å²) in [5, 5.41) is 0. The van der Waals surface area contributed by atoms with Gasteiger partial charge in [0.2, 0.25) is 0 Å². The first-order valence-corrected chi connectivity index (χ1v) is 5.87.